The maximum absolute atomic E-state index is 11.6. The van der Waals surface area contributed by atoms with Crippen molar-refractivity contribution in [3.05, 3.63) is 34.9 Å². The lowest BCUT2D eigenvalue weighted by Gasteiger charge is -2.12. The van der Waals surface area contributed by atoms with E-state index in [1.807, 2.05) is 12.1 Å². The number of halogens is 1. The predicted octanol–water partition coefficient (Wildman–Crippen LogP) is 2.53. The summed E-state index contributed by atoms with van der Waals surface area (Å²) in [6.07, 6.45) is -0.408. The summed E-state index contributed by atoms with van der Waals surface area (Å²) in [5.41, 5.74) is 0.920. The minimum atomic E-state index is -0.885. The van der Waals surface area contributed by atoms with Crippen LogP contribution in [0.5, 0.6) is 0 Å². The van der Waals surface area contributed by atoms with Gasteiger partial charge in [-0.05, 0) is 24.1 Å². The van der Waals surface area contributed by atoms with Crippen molar-refractivity contribution in [2.24, 2.45) is 0 Å². The molecule has 1 aromatic rings. The second kappa shape index (κ2) is 5.93. The first-order valence-electron chi connectivity index (χ1n) is 5.96. The molecule has 1 amide bonds. The van der Waals surface area contributed by atoms with Crippen LogP contribution in [0.2, 0.25) is 5.02 Å². The third-order valence-corrected chi connectivity index (χ3v) is 3.13. The number of cyclic esters (lactones) is 1. The number of amides is 1. The smallest absolute Gasteiger partial charge is 0.410 e. The van der Waals surface area contributed by atoms with Crippen LogP contribution in [0.4, 0.5) is 4.79 Å². The highest BCUT2D eigenvalue weighted by Crippen LogP contribution is 2.19. The summed E-state index contributed by atoms with van der Waals surface area (Å²) in [4.78, 5) is 23.7. The van der Waals surface area contributed by atoms with Crippen LogP contribution in [0.1, 0.15) is 18.4 Å². The number of nitrogens with zero attached hydrogens (tertiary/aromatic N) is 1. The first kappa shape index (κ1) is 13.7. The molecular weight excluding hydrogens is 270 g/mol. The van der Waals surface area contributed by atoms with Gasteiger partial charge in [-0.25, -0.2) is 4.79 Å². The molecule has 0 spiro atoms. The highest BCUT2D eigenvalue weighted by molar-refractivity contribution is 6.30. The minimum Gasteiger partial charge on any atom is -0.481 e. The zero-order valence-corrected chi connectivity index (χ0v) is 11.0. The lowest BCUT2D eigenvalue weighted by Crippen LogP contribution is -2.24. The molecule has 1 aliphatic rings. The van der Waals surface area contributed by atoms with E-state index in [0.29, 0.717) is 24.5 Å². The number of hydrogen-bond donors (Lipinski definition) is 1. The number of benzene rings is 1. The average molecular weight is 284 g/mol. The van der Waals surface area contributed by atoms with Crippen molar-refractivity contribution < 1.29 is 19.4 Å². The quantitative estimate of drug-likeness (QED) is 0.902. The molecule has 102 valence electrons. The van der Waals surface area contributed by atoms with Gasteiger partial charge in [-0.2, -0.15) is 0 Å². The zero-order valence-electron chi connectivity index (χ0n) is 10.2. The van der Waals surface area contributed by atoms with Gasteiger partial charge in [0.15, 0.2) is 0 Å². The molecule has 0 saturated carbocycles. The molecule has 0 radical (unpaired) electrons. The molecule has 1 aromatic carbocycles. The minimum absolute atomic E-state index is 0.00293. The average Bonchev–Trinajstić information content (AvgIpc) is 2.68. The Labute approximate surface area is 115 Å². The summed E-state index contributed by atoms with van der Waals surface area (Å²) in [5, 5.41) is 9.22. The van der Waals surface area contributed by atoms with Crippen molar-refractivity contribution >= 4 is 23.7 Å². The number of hydrogen-bond acceptors (Lipinski definition) is 3. The Kier molecular flexibility index (Phi) is 4.27. The highest BCUT2D eigenvalue weighted by atomic mass is 35.5. The fourth-order valence-corrected chi connectivity index (χ4v) is 2.21. The second-order valence-electron chi connectivity index (χ2n) is 4.45. The fraction of sp³-hybridized carbons (Fsp3) is 0.385. The van der Waals surface area contributed by atoms with Crippen molar-refractivity contribution in [1.29, 1.82) is 0 Å². The second-order valence-corrected chi connectivity index (χ2v) is 4.89. The van der Waals surface area contributed by atoms with Crippen LogP contribution in [0, 0.1) is 0 Å². The lowest BCUT2D eigenvalue weighted by atomic mass is 10.2. The van der Waals surface area contributed by atoms with Gasteiger partial charge >= 0.3 is 12.1 Å². The van der Waals surface area contributed by atoms with Gasteiger partial charge in [-0.15, -0.1) is 0 Å². The van der Waals surface area contributed by atoms with Crippen molar-refractivity contribution in [2.45, 2.75) is 25.5 Å². The van der Waals surface area contributed by atoms with E-state index in [1.165, 1.54) is 0 Å². The van der Waals surface area contributed by atoms with Crippen molar-refractivity contribution in [3.63, 3.8) is 0 Å². The van der Waals surface area contributed by atoms with Gasteiger partial charge in [-0.1, -0.05) is 23.7 Å². The highest BCUT2D eigenvalue weighted by Gasteiger charge is 2.31. The summed E-state index contributed by atoms with van der Waals surface area (Å²) in [5.74, 6) is -0.885. The number of carboxylic acid groups (broad SMARTS) is 1. The lowest BCUT2D eigenvalue weighted by molar-refractivity contribution is -0.137. The molecule has 1 N–H and O–H groups in total. The maximum Gasteiger partial charge on any atom is 0.410 e. The molecular formula is C13H14ClNO4. The standard InChI is InChI=1S/C13H14ClNO4/c14-10-3-1-2-9(6-10)7-15-8-11(19-13(15)18)4-5-12(16)17/h1-3,6,11H,4-5,7-8H2,(H,16,17). The van der Waals surface area contributed by atoms with Crippen LogP contribution in [0.25, 0.3) is 0 Å². The fourth-order valence-electron chi connectivity index (χ4n) is 1.99. The zero-order chi connectivity index (χ0) is 13.8. The summed E-state index contributed by atoms with van der Waals surface area (Å²) in [6, 6.07) is 7.26. The molecule has 1 aliphatic heterocycles. The summed E-state index contributed by atoms with van der Waals surface area (Å²) in [7, 11) is 0. The SMILES string of the molecule is O=C(O)CCC1CN(Cc2cccc(Cl)c2)C(=O)O1. The number of ether oxygens (including phenoxy) is 1. The number of aliphatic carboxylic acids is 1. The largest absolute Gasteiger partial charge is 0.481 e. The van der Waals surface area contributed by atoms with Gasteiger partial charge in [0, 0.05) is 18.0 Å². The molecule has 1 unspecified atom stereocenters. The van der Waals surface area contributed by atoms with E-state index < -0.39 is 12.1 Å². The molecule has 6 heteroatoms. The van der Waals surface area contributed by atoms with E-state index in [-0.39, 0.29) is 12.5 Å². The number of carbonyl (C=O) groups excluding carboxylic acids is 1. The van der Waals surface area contributed by atoms with Crippen LogP contribution in [-0.4, -0.2) is 34.7 Å². The molecule has 0 aliphatic carbocycles. The molecule has 19 heavy (non-hydrogen) atoms. The van der Waals surface area contributed by atoms with Gasteiger partial charge in [0.2, 0.25) is 0 Å². The Morgan fingerprint density at radius 2 is 2.32 bits per heavy atom. The first-order chi connectivity index (χ1) is 9.04. The van der Waals surface area contributed by atoms with E-state index in [4.69, 9.17) is 21.4 Å². The molecule has 0 bridgehead atoms. The van der Waals surface area contributed by atoms with Crippen LogP contribution < -0.4 is 0 Å². The van der Waals surface area contributed by atoms with Gasteiger partial charge in [0.05, 0.1) is 6.54 Å². The van der Waals surface area contributed by atoms with Crippen LogP contribution in [-0.2, 0) is 16.1 Å². The third kappa shape index (κ3) is 3.86. The molecule has 1 saturated heterocycles. The van der Waals surface area contributed by atoms with Gasteiger partial charge < -0.3 is 14.7 Å². The van der Waals surface area contributed by atoms with E-state index in [9.17, 15) is 9.59 Å². The molecule has 1 fully saturated rings. The van der Waals surface area contributed by atoms with Crippen molar-refractivity contribution in [3.8, 4) is 0 Å². The summed E-state index contributed by atoms with van der Waals surface area (Å²) >= 11 is 5.88. The van der Waals surface area contributed by atoms with Gasteiger partial charge in [-0.3, -0.25) is 4.79 Å². The van der Waals surface area contributed by atoms with Crippen LogP contribution in [0.15, 0.2) is 24.3 Å². The Bertz CT molecular complexity index is 491. The Balaban J connectivity index is 1.91. The van der Waals surface area contributed by atoms with Gasteiger partial charge in [0.1, 0.15) is 6.10 Å². The molecule has 1 heterocycles. The first-order valence-corrected chi connectivity index (χ1v) is 6.34. The molecule has 0 aromatic heterocycles. The molecule has 1 atom stereocenters. The van der Waals surface area contributed by atoms with E-state index in [1.54, 1.807) is 17.0 Å². The molecule has 5 nitrogen and oxygen atoms in total. The topological polar surface area (TPSA) is 66.8 Å². The predicted molar refractivity (Wildman–Crippen MR) is 69.0 cm³/mol. The van der Waals surface area contributed by atoms with Gasteiger partial charge in [0.25, 0.3) is 0 Å². The molecule has 2 rings (SSSR count). The maximum atomic E-state index is 11.6. The van der Waals surface area contributed by atoms with Crippen molar-refractivity contribution in [2.75, 3.05) is 6.54 Å². The Hall–Kier alpha value is -1.75. The third-order valence-electron chi connectivity index (χ3n) is 2.89. The van der Waals surface area contributed by atoms with E-state index >= 15 is 0 Å². The number of carbonyl (C=O) groups is 2. The van der Waals surface area contributed by atoms with E-state index in [2.05, 4.69) is 0 Å². The monoisotopic (exact) mass is 283 g/mol. The number of rotatable bonds is 5. The van der Waals surface area contributed by atoms with Crippen LogP contribution >= 0.6 is 11.6 Å². The van der Waals surface area contributed by atoms with E-state index in [0.717, 1.165) is 5.56 Å². The normalized spacial score (nSPS) is 18.5. The number of carboxylic acids is 1. The van der Waals surface area contributed by atoms with Crippen molar-refractivity contribution in [1.82, 2.24) is 4.90 Å². The summed E-state index contributed by atoms with van der Waals surface area (Å²) in [6.45, 7) is 0.835. The Morgan fingerprint density at radius 3 is 3.00 bits per heavy atom. The van der Waals surface area contributed by atoms with Crippen LogP contribution in [0.3, 0.4) is 0 Å². The Morgan fingerprint density at radius 1 is 1.53 bits per heavy atom. The summed E-state index contributed by atoms with van der Waals surface area (Å²) < 4.78 is 5.12.